The van der Waals surface area contributed by atoms with E-state index in [2.05, 4.69) is 24.1 Å². The zero-order valence-corrected chi connectivity index (χ0v) is 16.0. The number of fused-ring (bicyclic) bond motifs is 3. The third kappa shape index (κ3) is 3.21. The minimum Gasteiger partial charge on any atom is -1.00 e. The molecule has 25 heavy (non-hydrogen) atoms. The maximum atomic E-state index is 13.1. The first-order valence-corrected chi connectivity index (χ1v) is 8.22. The summed E-state index contributed by atoms with van der Waals surface area (Å²) in [6.07, 6.45) is 0.730. The number of rotatable bonds is 5. The second-order valence-electron chi connectivity index (χ2n) is 6.26. The molecule has 3 aromatic heterocycles. The summed E-state index contributed by atoms with van der Waals surface area (Å²) in [6.45, 7) is 5.39. The molecule has 0 fully saturated rings. The Morgan fingerprint density at radius 1 is 1.24 bits per heavy atom. The maximum Gasteiger partial charge on any atom is 0.277 e. The number of nitrogens with one attached hydrogen (secondary N) is 1. The molecule has 0 saturated heterocycles. The number of halogens is 1. The van der Waals surface area contributed by atoms with E-state index in [1.807, 2.05) is 24.3 Å². The van der Waals surface area contributed by atoms with Crippen LogP contribution in [-0.2, 0) is 13.0 Å². The van der Waals surface area contributed by atoms with Gasteiger partial charge in [-0.05, 0) is 13.0 Å². The maximum absolute atomic E-state index is 13.1. The summed E-state index contributed by atoms with van der Waals surface area (Å²) in [5.74, 6) is 1.37. The molecule has 0 bridgehead atoms. The third-order valence-corrected chi connectivity index (χ3v) is 4.26. The van der Waals surface area contributed by atoms with E-state index >= 15 is 0 Å². The van der Waals surface area contributed by atoms with Gasteiger partial charge in [-0.15, -0.1) is 0 Å². The van der Waals surface area contributed by atoms with Crippen molar-refractivity contribution in [1.82, 2.24) is 18.9 Å². The van der Waals surface area contributed by atoms with E-state index in [1.165, 1.54) is 4.90 Å². The fourth-order valence-corrected chi connectivity index (χ4v) is 3.01. The van der Waals surface area contributed by atoms with Gasteiger partial charge in [0.15, 0.2) is 5.65 Å². The topological polar surface area (TPSA) is 65.9 Å². The fourth-order valence-electron chi connectivity index (χ4n) is 3.01. The van der Waals surface area contributed by atoms with Crippen LogP contribution in [0.3, 0.4) is 0 Å². The van der Waals surface area contributed by atoms with E-state index in [4.69, 9.17) is 4.74 Å². The van der Waals surface area contributed by atoms with Crippen LogP contribution in [0.2, 0.25) is 0 Å². The summed E-state index contributed by atoms with van der Waals surface area (Å²) in [5, 5.41) is 0. The van der Waals surface area contributed by atoms with E-state index in [-0.39, 0.29) is 18.0 Å². The number of quaternary nitrogens is 1. The van der Waals surface area contributed by atoms with Crippen molar-refractivity contribution in [2.75, 3.05) is 27.7 Å². The lowest BCUT2D eigenvalue weighted by Crippen LogP contribution is -3.06. The predicted molar refractivity (Wildman–Crippen MR) is 93.1 cm³/mol. The Bertz CT molecular complexity index is 961. The van der Waals surface area contributed by atoms with Gasteiger partial charge in [0.2, 0.25) is 5.88 Å². The van der Waals surface area contributed by atoms with E-state index in [9.17, 15) is 4.79 Å². The number of aromatic nitrogens is 4. The standard InChI is InChI=1S/C17H23N5O2.ClH/c1-6-13-18-11(2)15-17(23)21(10-9-20(3)4)12-7-8-14(24-5)19-16(12)22(13)15;/h7-8H,6,9-10H2,1-5H3;1H. The van der Waals surface area contributed by atoms with Crippen molar-refractivity contribution in [2.24, 2.45) is 0 Å². The average Bonchev–Trinajstić information content (AvgIpc) is 2.91. The summed E-state index contributed by atoms with van der Waals surface area (Å²) in [4.78, 5) is 23.6. The van der Waals surface area contributed by atoms with E-state index in [0.29, 0.717) is 17.9 Å². The highest BCUT2D eigenvalue weighted by atomic mass is 35.5. The number of pyridine rings is 1. The van der Waals surface area contributed by atoms with Crippen molar-refractivity contribution >= 4 is 16.7 Å². The van der Waals surface area contributed by atoms with Gasteiger partial charge in [0, 0.05) is 12.5 Å². The molecule has 0 aliphatic rings. The Morgan fingerprint density at radius 2 is 1.96 bits per heavy atom. The molecular weight excluding hydrogens is 342 g/mol. The number of hydrogen-bond donors (Lipinski definition) is 1. The minimum atomic E-state index is -0.0135. The molecule has 1 N–H and O–H groups in total. The summed E-state index contributed by atoms with van der Waals surface area (Å²) in [6, 6.07) is 3.70. The largest absolute Gasteiger partial charge is 1.00 e. The molecule has 8 heteroatoms. The molecule has 0 spiro atoms. The van der Waals surface area contributed by atoms with Crippen LogP contribution in [0.25, 0.3) is 16.7 Å². The first kappa shape index (κ1) is 19.2. The molecule has 0 aliphatic heterocycles. The summed E-state index contributed by atoms with van der Waals surface area (Å²) in [7, 11) is 5.75. The number of likely N-dealkylation sites (N-methyl/N-ethyl adjacent to an activating group) is 1. The van der Waals surface area contributed by atoms with E-state index in [0.717, 1.165) is 35.6 Å². The zero-order chi connectivity index (χ0) is 17.4. The number of aryl methyl sites for hydroxylation is 2. The molecule has 3 heterocycles. The monoisotopic (exact) mass is 365 g/mol. The lowest BCUT2D eigenvalue weighted by molar-refractivity contribution is -0.858. The minimum absolute atomic E-state index is 0. The quantitative estimate of drug-likeness (QED) is 0.526. The highest BCUT2D eigenvalue weighted by Crippen LogP contribution is 2.20. The Hall–Kier alpha value is -2.12. The molecule has 7 nitrogen and oxygen atoms in total. The van der Waals surface area contributed by atoms with Crippen LogP contribution in [-0.4, -0.2) is 46.7 Å². The molecular formula is C17H24ClN5O2. The Labute approximate surface area is 152 Å². The van der Waals surface area contributed by atoms with Crippen LogP contribution < -0.4 is 27.6 Å². The molecule has 0 amide bonds. The van der Waals surface area contributed by atoms with Gasteiger partial charge in [-0.3, -0.25) is 13.8 Å². The first-order valence-electron chi connectivity index (χ1n) is 8.22. The van der Waals surface area contributed by atoms with Gasteiger partial charge in [-0.2, -0.15) is 4.98 Å². The van der Waals surface area contributed by atoms with Gasteiger partial charge in [-0.1, -0.05) is 6.92 Å². The second kappa shape index (κ2) is 7.41. The van der Waals surface area contributed by atoms with Crippen molar-refractivity contribution in [1.29, 1.82) is 0 Å². The van der Waals surface area contributed by atoms with Crippen molar-refractivity contribution in [3.05, 3.63) is 34.0 Å². The van der Waals surface area contributed by atoms with Gasteiger partial charge in [0.1, 0.15) is 11.3 Å². The zero-order valence-electron chi connectivity index (χ0n) is 15.3. The normalized spacial score (nSPS) is 11.3. The molecule has 3 rings (SSSR count). The lowest BCUT2D eigenvalue weighted by atomic mass is 10.3. The summed E-state index contributed by atoms with van der Waals surface area (Å²) in [5.41, 5.74) is 2.86. The van der Waals surface area contributed by atoms with Crippen LogP contribution >= 0.6 is 0 Å². The van der Waals surface area contributed by atoms with Crippen LogP contribution in [0.5, 0.6) is 5.88 Å². The summed E-state index contributed by atoms with van der Waals surface area (Å²) < 4.78 is 8.97. The highest BCUT2D eigenvalue weighted by molar-refractivity contribution is 5.77. The Morgan fingerprint density at radius 3 is 2.56 bits per heavy atom. The molecule has 0 atom stereocenters. The van der Waals surface area contributed by atoms with Crippen molar-refractivity contribution in [3.63, 3.8) is 0 Å². The van der Waals surface area contributed by atoms with Crippen molar-refractivity contribution in [2.45, 2.75) is 26.8 Å². The van der Waals surface area contributed by atoms with Gasteiger partial charge in [-0.25, -0.2) is 4.98 Å². The third-order valence-electron chi connectivity index (χ3n) is 4.26. The number of nitrogens with zero attached hydrogens (tertiary/aromatic N) is 4. The van der Waals surface area contributed by atoms with Gasteiger partial charge in [0.05, 0.1) is 45.5 Å². The average molecular weight is 366 g/mol. The lowest BCUT2D eigenvalue weighted by Gasteiger charge is -2.14. The number of ether oxygens (including phenoxy) is 1. The Kier molecular flexibility index (Phi) is 5.69. The first-order chi connectivity index (χ1) is 11.5. The number of hydrogen-bond acceptors (Lipinski definition) is 4. The Balaban J connectivity index is 0.00000225. The van der Waals surface area contributed by atoms with Crippen molar-refractivity contribution < 1.29 is 22.0 Å². The fraction of sp³-hybridized carbons (Fsp3) is 0.471. The molecule has 136 valence electrons. The molecule has 0 saturated carbocycles. The number of imidazole rings is 1. The van der Waals surface area contributed by atoms with Crippen LogP contribution in [0, 0.1) is 6.92 Å². The van der Waals surface area contributed by atoms with Crippen LogP contribution in [0.1, 0.15) is 18.4 Å². The SMILES string of the molecule is CCc1nc(C)c2c(=O)n(CC[NH+](C)C)c3ccc(OC)nc3n12.[Cl-]. The molecule has 0 aliphatic carbocycles. The molecule has 3 aromatic rings. The van der Waals surface area contributed by atoms with Gasteiger partial charge >= 0.3 is 0 Å². The van der Waals surface area contributed by atoms with Gasteiger partial charge in [0.25, 0.3) is 5.56 Å². The second-order valence-corrected chi connectivity index (χ2v) is 6.26. The van der Waals surface area contributed by atoms with Crippen molar-refractivity contribution in [3.8, 4) is 5.88 Å². The van der Waals surface area contributed by atoms with Gasteiger partial charge < -0.3 is 22.0 Å². The number of methoxy groups -OCH3 is 1. The van der Waals surface area contributed by atoms with E-state index in [1.54, 1.807) is 17.7 Å². The molecule has 0 radical (unpaired) electrons. The molecule has 0 unspecified atom stereocenters. The van der Waals surface area contributed by atoms with Crippen LogP contribution in [0.15, 0.2) is 16.9 Å². The summed E-state index contributed by atoms with van der Waals surface area (Å²) >= 11 is 0. The van der Waals surface area contributed by atoms with E-state index < -0.39 is 0 Å². The molecule has 0 aromatic carbocycles. The predicted octanol–water partition coefficient (Wildman–Crippen LogP) is -2.93. The smallest absolute Gasteiger partial charge is 0.277 e. The van der Waals surface area contributed by atoms with Crippen LogP contribution in [0.4, 0.5) is 0 Å². The highest BCUT2D eigenvalue weighted by Gasteiger charge is 2.19.